The molecule has 1 aromatic carbocycles. The van der Waals surface area contributed by atoms with Crippen molar-refractivity contribution in [2.45, 2.75) is 16.2 Å². The van der Waals surface area contributed by atoms with Crippen LogP contribution in [0.2, 0.25) is 0 Å². The maximum absolute atomic E-state index is 12.6. The van der Waals surface area contributed by atoms with E-state index in [0.29, 0.717) is 13.1 Å². The van der Waals surface area contributed by atoms with E-state index < -0.39 is 25.8 Å². The topological polar surface area (TPSA) is 116 Å². The zero-order valence-electron chi connectivity index (χ0n) is 15.7. The number of nitrogens with zero attached hydrogens (tertiary/aromatic N) is 1. The van der Waals surface area contributed by atoms with Crippen LogP contribution in [0.15, 0.2) is 52.4 Å². The van der Waals surface area contributed by atoms with Gasteiger partial charge in [-0.25, -0.2) is 16.8 Å². The number of sulfonamides is 1. The predicted octanol–water partition coefficient (Wildman–Crippen LogP) is 1.35. The number of rotatable bonds is 8. The summed E-state index contributed by atoms with van der Waals surface area (Å²) in [6.07, 6.45) is 1.56. The second-order valence-electron chi connectivity index (χ2n) is 6.51. The third kappa shape index (κ3) is 5.41. The van der Waals surface area contributed by atoms with Crippen molar-refractivity contribution < 1.29 is 21.6 Å². The highest BCUT2D eigenvalue weighted by atomic mass is 32.2. The lowest BCUT2D eigenvalue weighted by Gasteiger charge is -2.24. The van der Waals surface area contributed by atoms with E-state index in [9.17, 15) is 21.6 Å². The molecule has 0 aliphatic carbocycles. The van der Waals surface area contributed by atoms with E-state index in [1.165, 1.54) is 28.7 Å². The Hall–Kier alpha value is -1.82. The number of hydrogen-bond donors (Lipinski definition) is 2. The van der Waals surface area contributed by atoms with Gasteiger partial charge in [-0.1, -0.05) is 18.2 Å². The summed E-state index contributed by atoms with van der Waals surface area (Å²) in [7, 11) is -7.02. The van der Waals surface area contributed by atoms with Crippen LogP contribution in [0.1, 0.15) is 16.9 Å². The first kappa shape index (κ1) is 21.9. The Morgan fingerprint density at radius 3 is 2.45 bits per heavy atom. The first-order chi connectivity index (χ1) is 13.8. The fourth-order valence-corrected chi connectivity index (χ4v) is 6.80. The van der Waals surface area contributed by atoms with Gasteiger partial charge in [-0.3, -0.25) is 4.79 Å². The van der Waals surface area contributed by atoms with E-state index in [-0.39, 0.29) is 34.2 Å². The zero-order chi connectivity index (χ0) is 20.9. The molecule has 1 amide bonds. The van der Waals surface area contributed by atoms with Crippen molar-refractivity contribution in [2.24, 2.45) is 0 Å². The molecule has 0 saturated carbocycles. The van der Waals surface area contributed by atoms with Gasteiger partial charge in [0.1, 0.15) is 10.6 Å². The van der Waals surface area contributed by atoms with Gasteiger partial charge in [0.05, 0.1) is 10.6 Å². The summed E-state index contributed by atoms with van der Waals surface area (Å²) >= 11 is 1.71. The summed E-state index contributed by atoms with van der Waals surface area (Å²) in [5.41, 5.74) is 0.126. The van der Waals surface area contributed by atoms with Crippen molar-refractivity contribution in [3.05, 3.63) is 48.3 Å². The Morgan fingerprint density at radius 2 is 1.76 bits per heavy atom. The average Bonchev–Trinajstić information content (AvgIpc) is 3.24. The van der Waals surface area contributed by atoms with Gasteiger partial charge in [0, 0.05) is 37.3 Å². The molecule has 29 heavy (non-hydrogen) atoms. The molecule has 0 radical (unpaired) electrons. The normalized spacial score (nSPS) is 15.9. The van der Waals surface area contributed by atoms with E-state index >= 15 is 0 Å². The van der Waals surface area contributed by atoms with Crippen LogP contribution in [0.25, 0.3) is 0 Å². The van der Waals surface area contributed by atoms with Crippen molar-refractivity contribution in [1.82, 2.24) is 14.6 Å². The molecule has 158 valence electrons. The molecule has 11 heteroatoms. The summed E-state index contributed by atoms with van der Waals surface area (Å²) in [5.74, 6) is 0.943. The number of thioether (sulfide) groups is 1. The van der Waals surface area contributed by atoms with Gasteiger partial charge in [-0.2, -0.15) is 16.1 Å². The molecule has 1 fully saturated rings. The van der Waals surface area contributed by atoms with Crippen LogP contribution >= 0.6 is 11.8 Å². The Bertz CT molecular complexity index is 1040. The number of carbonyl (C=O) groups is 1. The number of carbonyl (C=O) groups excluding carboxylic acids is 1. The average molecular weight is 458 g/mol. The monoisotopic (exact) mass is 457 g/mol. The smallest absolute Gasteiger partial charge is 0.267 e. The van der Waals surface area contributed by atoms with Crippen molar-refractivity contribution >= 4 is 37.5 Å². The molecule has 0 spiro atoms. The van der Waals surface area contributed by atoms with Crippen molar-refractivity contribution in [3.8, 4) is 0 Å². The number of nitrogens with one attached hydrogen (secondary N) is 2. The fraction of sp³-hybridized carbons (Fsp3) is 0.389. The number of H-pyrrole nitrogens is 1. The number of aromatic amines is 1. The lowest BCUT2D eigenvalue weighted by Crippen LogP contribution is -2.37. The molecule has 0 unspecified atom stereocenters. The molecule has 1 aromatic heterocycles. The minimum Gasteiger partial charge on any atom is -0.356 e. The summed E-state index contributed by atoms with van der Waals surface area (Å²) in [6, 6.07) is 9.45. The van der Waals surface area contributed by atoms with Gasteiger partial charge in [-0.15, -0.1) is 0 Å². The van der Waals surface area contributed by atoms with Crippen LogP contribution in [0.5, 0.6) is 0 Å². The van der Waals surface area contributed by atoms with Gasteiger partial charge in [0.2, 0.25) is 10.0 Å². The molecule has 8 nitrogen and oxygen atoms in total. The second-order valence-corrected chi connectivity index (χ2v) is 11.8. The lowest BCUT2D eigenvalue weighted by atomic mass is 10.4. The van der Waals surface area contributed by atoms with Crippen LogP contribution in [-0.2, 0) is 19.9 Å². The summed E-state index contributed by atoms with van der Waals surface area (Å²) in [5, 5.41) is 2.62. The molecule has 1 aliphatic rings. The third-order valence-corrected chi connectivity index (χ3v) is 9.12. The molecule has 3 rings (SSSR count). The van der Waals surface area contributed by atoms with Gasteiger partial charge < -0.3 is 10.3 Å². The Kier molecular flexibility index (Phi) is 7.04. The molecule has 2 heterocycles. The highest BCUT2D eigenvalue weighted by Crippen LogP contribution is 2.20. The minimum absolute atomic E-state index is 0.0567. The molecular formula is C18H23N3O5S3. The first-order valence-corrected chi connectivity index (χ1v) is 13.4. The summed E-state index contributed by atoms with van der Waals surface area (Å²) in [4.78, 5) is 15.3. The number of aromatic nitrogens is 1. The number of sulfone groups is 1. The van der Waals surface area contributed by atoms with Crippen LogP contribution < -0.4 is 5.32 Å². The quantitative estimate of drug-likeness (QED) is 0.578. The van der Waals surface area contributed by atoms with E-state index in [1.807, 2.05) is 0 Å². The number of benzene rings is 1. The summed E-state index contributed by atoms with van der Waals surface area (Å²) in [6.45, 7) is 1.07. The molecule has 2 N–H and O–H groups in total. The fourth-order valence-electron chi connectivity index (χ4n) is 2.90. The zero-order valence-corrected chi connectivity index (χ0v) is 18.2. The van der Waals surface area contributed by atoms with E-state index in [1.54, 1.807) is 30.0 Å². The van der Waals surface area contributed by atoms with E-state index in [4.69, 9.17) is 0 Å². The standard InChI is InChI=1S/C18H23N3O5S3/c22-18(19-7-4-12-28(23,24)15-5-2-1-3-6-15)17-13-16(14-20-17)29(25,26)21-8-10-27-11-9-21/h1-3,5-6,13-14,20H,4,7-12H2,(H,19,22). The molecule has 1 saturated heterocycles. The Balaban J connectivity index is 1.53. The van der Waals surface area contributed by atoms with Gasteiger partial charge in [0.15, 0.2) is 9.84 Å². The molecular weight excluding hydrogens is 434 g/mol. The van der Waals surface area contributed by atoms with E-state index in [2.05, 4.69) is 10.3 Å². The maximum Gasteiger partial charge on any atom is 0.267 e. The van der Waals surface area contributed by atoms with Crippen LogP contribution in [-0.4, -0.2) is 68.9 Å². The molecule has 0 bridgehead atoms. The Labute approximate surface area is 175 Å². The largest absolute Gasteiger partial charge is 0.356 e. The highest BCUT2D eigenvalue weighted by Gasteiger charge is 2.27. The van der Waals surface area contributed by atoms with Crippen LogP contribution in [0.3, 0.4) is 0 Å². The highest BCUT2D eigenvalue weighted by molar-refractivity contribution is 7.99. The van der Waals surface area contributed by atoms with Gasteiger partial charge >= 0.3 is 0 Å². The lowest BCUT2D eigenvalue weighted by molar-refractivity contribution is 0.0949. The maximum atomic E-state index is 12.6. The first-order valence-electron chi connectivity index (χ1n) is 9.13. The third-order valence-electron chi connectivity index (χ3n) is 4.49. The Morgan fingerprint density at radius 1 is 1.07 bits per heavy atom. The van der Waals surface area contributed by atoms with Crippen molar-refractivity contribution in [2.75, 3.05) is 36.9 Å². The molecule has 0 atom stereocenters. The number of hydrogen-bond acceptors (Lipinski definition) is 6. The van der Waals surface area contributed by atoms with Crippen molar-refractivity contribution in [1.29, 1.82) is 0 Å². The molecule has 2 aromatic rings. The predicted molar refractivity (Wildman–Crippen MR) is 112 cm³/mol. The van der Waals surface area contributed by atoms with Crippen LogP contribution in [0.4, 0.5) is 0 Å². The summed E-state index contributed by atoms with van der Waals surface area (Å²) < 4.78 is 51.1. The SMILES string of the molecule is O=C(NCCCS(=O)(=O)c1ccccc1)c1cc(S(=O)(=O)N2CCSCC2)c[nH]1. The van der Waals surface area contributed by atoms with Gasteiger partial charge in [-0.05, 0) is 24.6 Å². The van der Waals surface area contributed by atoms with Crippen molar-refractivity contribution in [3.63, 3.8) is 0 Å². The van der Waals surface area contributed by atoms with E-state index in [0.717, 1.165) is 11.5 Å². The van der Waals surface area contributed by atoms with Crippen LogP contribution in [0, 0.1) is 0 Å². The minimum atomic E-state index is -3.62. The second kappa shape index (κ2) is 9.33. The van der Waals surface area contributed by atoms with Gasteiger partial charge in [0.25, 0.3) is 5.91 Å². The number of amides is 1. The molecule has 1 aliphatic heterocycles.